The lowest BCUT2D eigenvalue weighted by Gasteiger charge is -2.72. The van der Waals surface area contributed by atoms with Crippen LogP contribution in [0.25, 0.3) is 0 Å². The van der Waals surface area contributed by atoms with E-state index in [-0.39, 0.29) is 34.0 Å². The predicted molar refractivity (Wildman–Crippen MR) is 241 cm³/mol. The minimum absolute atomic E-state index is 0.116. The van der Waals surface area contributed by atoms with Gasteiger partial charge in [0.1, 0.15) is 78.7 Å². The molecule has 0 bridgehead atoms. The van der Waals surface area contributed by atoms with Gasteiger partial charge in [-0.05, 0) is 110 Å². The molecule has 396 valence electrons. The smallest absolute Gasteiger partial charge is 0.317 e. The Bertz CT molecular complexity index is 1860. The summed E-state index contributed by atoms with van der Waals surface area (Å²) in [6, 6.07) is 0. The quantitative estimate of drug-likeness (QED) is 0.0746. The van der Waals surface area contributed by atoms with E-state index < -0.39 is 146 Å². The average Bonchev–Trinajstić information content (AvgIpc) is 3.29. The van der Waals surface area contributed by atoms with E-state index in [4.69, 9.17) is 33.2 Å². The number of allylic oxidation sites excluding steroid dienone is 2. The first-order valence-electron chi connectivity index (χ1n) is 25.4. The Morgan fingerprint density at radius 1 is 0.623 bits per heavy atom. The molecule has 0 aromatic carbocycles. The number of aliphatic hydroxyl groups is 11. The Morgan fingerprint density at radius 2 is 1.19 bits per heavy atom. The molecule has 24 atom stereocenters. The third-order valence-corrected chi connectivity index (χ3v) is 19.7. The number of hydrogen-bond acceptors (Lipinski definition) is 19. The minimum Gasteiger partial charge on any atom is -0.432 e. The molecule has 4 saturated carbocycles. The normalized spacial score (nSPS) is 52.6. The van der Waals surface area contributed by atoms with Gasteiger partial charge in [-0.1, -0.05) is 60.1 Å². The summed E-state index contributed by atoms with van der Waals surface area (Å²) in [6.07, 6.45) is -16.0. The van der Waals surface area contributed by atoms with Crippen LogP contribution in [-0.2, 0) is 38.0 Å². The van der Waals surface area contributed by atoms with Gasteiger partial charge in [0.2, 0.25) is 6.29 Å². The van der Waals surface area contributed by atoms with E-state index in [9.17, 15) is 56.2 Å². The fourth-order valence-corrected chi connectivity index (χ4v) is 15.5. The number of ether oxygens (including phenoxy) is 7. The van der Waals surface area contributed by atoms with Crippen LogP contribution >= 0.6 is 0 Å². The highest BCUT2D eigenvalue weighted by molar-refractivity contribution is 5.80. The lowest BCUT2D eigenvalue weighted by atomic mass is 9.33. The van der Waals surface area contributed by atoms with Gasteiger partial charge in [-0.3, -0.25) is 4.79 Å². The maximum Gasteiger partial charge on any atom is 0.317 e. The Kier molecular flexibility index (Phi) is 15.1. The number of carbonyl (C=O) groups is 1. The van der Waals surface area contributed by atoms with Gasteiger partial charge in [0, 0.05) is 6.61 Å². The Morgan fingerprint density at radius 3 is 1.78 bits per heavy atom. The molecular weight excluding hydrogens is 905 g/mol. The summed E-state index contributed by atoms with van der Waals surface area (Å²) in [6.45, 7) is 16.2. The second-order valence-corrected chi connectivity index (χ2v) is 24.0. The third kappa shape index (κ3) is 8.50. The zero-order chi connectivity index (χ0) is 50.6. The van der Waals surface area contributed by atoms with Gasteiger partial charge in [-0.2, -0.15) is 0 Å². The van der Waals surface area contributed by atoms with Crippen LogP contribution in [0.3, 0.4) is 0 Å². The van der Waals surface area contributed by atoms with Crippen molar-refractivity contribution in [3.63, 3.8) is 0 Å². The van der Waals surface area contributed by atoms with Crippen molar-refractivity contribution in [3.8, 4) is 0 Å². The molecule has 8 aliphatic rings. The molecule has 11 N–H and O–H groups in total. The zero-order valence-electron chi connectivity index (χ0n) is 41.5. The second kappa shape index (κ2) is 19.3. The summed E-state index contributed by atoms with van der Waals surface area (Å²) in [4.78, 5) is 15.1. The van der Waals surface area contributed by atoms with Crippen LogP contribution in [-0.4, -0.2) is 193 Å². The van der Waals surface area contributed by atoms with E-state index in [1.807, 2.05) is 6.92 Å². The molecule has 0 aromatic heterocycles. The van der Waals surface area contributed by atoms with Crippen molar-refractivity contribution >= 4 is 5.97 Å². The van der Waals surface area contributed by atoms with Gasteiger partial charge >= 0.3 is 5.97 Å². The first-order valence-corrected chi connectivity index (χ1v) is 25.4. The van der Waals surface area contributed by atoms with Crippen LogP contribution in [0.4, 0.5) is 0 Å². The van der Waals surface area contributed by atoms with Gasteiger partial charge in [0.25, 0.3) is 0 Å². The highest BCUT2D eigenvalue weighted by atomic mass is 16.8. The van der Waals surface area contributed by atoms with E-state index in [0.717, 1.165) is 25.7 Å². The molecule has 3 aliphatic heterocycles. The standard InChI is InChI=1S/C50H82O19/c1-9-63-31-19-49(8)23(24-18-45(2,3)16-17-50(24,31)44(62)69-42-39(61)36(58)33(55)26(21-52)65-42)10-11-29-47(6)14-13-30(46(4,5)28(47)12-15-48(29,49)7)67-43-40(37(59)34(56)27(22-53)66-43)68-41-38(60)35(57)32(54)25(20-51)64-41/h10,24-43,51-61H,9,11-22H2,1-8H3. The molecule has 8 rings (SSSR count). The molecule has 7 fully saturated rings. The topological polar surface area (TPSA) is 304 Å². The Hall–Kier alpha value is -1.47. The monoisotopic (exact) mass is 987 g/mol. The third-order valence-electron chi connectivity index (χ3n) is 19.7. The minimum atomic E-state index is -1.79. The summed E-state index contributed by atoms with van der Waals surface area (Å²) in [5, 5.41) is 116. The Labute approximate surface area is 405 Å². The molecule has 5 aliphatic carbocycles. The average molecular weight is 987 g/mol. The van der Waals surface area contributed by atoms with Crippen LogP contribution in [0.5, 0.6) is 0 Å². The molecule has 19 heteroatoms. The Balaban J connectivity index is 1.08. The molecular formula is C50H82O19. The van der Waals surface area contributed by atoms with Crippen LogP contribution in [0.2, 0.25) is 0 Å². The van der Waals surface area contributed by atoms with E-state index in [0.29, 0.717) is 38.7 Å². The van der Waals surface area contributed by atoms with Crippen LogP contribution in [0, 0.1) is 50.2 Å². The summed E-state index contributed by atoms with van der Waals surface area (Å²) in [5.74, 6) is -0.575. The molecule has 3 heterocycles. The number of esters is 1. The SMILES string of the molecule is CCOC1CC2(C)C(=CCC3C4(C)CCC(OC5OC(CO)C(O)C(O)C5OC5OC(CO)C(O)C(O)C5O)C(C)(C)C4CCC32C)C2CC(C)(C)CCC12C(=O)OC1OC(CO)C(O)C(O)C1O. The lowest BCUT2D eigenvalue weighted by Crippen LogP contribution is -2.69. The fourth-order valence-electron chi connectivity index (χ4n) is 15.5. The van der Waals surface area contributed by atoms with E-state index in [2.05, 4.69) is 54.5 Å². The van der Waals surface area contributed by atoms with Gasteiger partial charge in [-0.15, -0.1) is 0 Å². The highest BCUT2D eigenvalue weighted by Gasteiger charge is 2.72. The molecule has 0 amide bonds. The molecule has 0 aromatic rings. The zero-order valence-corrected chi connectivity index (χ0v) is 41.5. The summed E-state index contributed by atoms with van der Waals surface area (Å²) >= 11 is 0. The number of carbonyl (C=O) groups excluding carboxylic acids is 1. The number of rotatable bonds is 11. The van der Waals surface area contributed by atoms with Crippen LogP contribution in [0.1, 0.15) is 113 Å². The molecule has 0 radical (unpaired) electrons. The van der Waals surface area contributed by atoms with Crippen molar-refractivity contribution in [2.45, 2.75) is 218 Å². The fraction of sp³-hybridized carbons (Fsp3) is 0.940. The molecule has 3 saturated heterocycles. The lowest BCUT2D eigenvalue weighted by molar-refractivity contribution is -0.378. The summed E-state index contributed by atoms with van der Waals surface area (Å²) < 4.78 is 43.1. The van der Waals surface area contributed by atoms with E-state index in [1.165, 1.54) is 5.57 Å². The van der Waals surface area contributed by atoms with Crippen molar-refractivity contribution in [1.82, 2.24) is 0 Å². The van der Waals surface area contributed by atoms with E-state index >= 15 is 4.79 Å². The number of hydrogen-bond donors (Lipinski definition) is 11. The molecule has 0 spiro atoms. The van der Waals surface area contributed by atoms with Gasteiger partial charge < -0.3 is 89.3 Å². The summed E-state index contributed by atoms with van der Waals surface area (Å²) in [7, 11) is 0. The van der Waals surface area contributed by atoms with E-state index in [1.54, 1.807) is 0 Å². The van der Waals surface area contributed by atoms with Crippen molar-refractivity contribution in [2.24, 2.45) is 50.2 Å². The molecule has 24 unspecified atom stereocenters. The molecule has 69 heavy (non-hydrogen) atoms. The second-order valence-electron chi connectivity index (χ2n) is 24.0. The van der Waals surface area contributed by atoms with Crippen molar-refractivity contribution < 1.29 is 94.1 Å². The molecule has 19 nitrogen and oxygen atoms in total. The van der Waals surface area contributed by atoms with Crippen molar-refractivity contribution in [1.29, 1.82) is 0 Å². The number of fused-ring (bicyclic) bond motifs is 7. The van der Waals surface area contributed by atoms with Gasteiger partial charge in [-0.25, -0.2) is 0 Å². The predicted octanol–water partition coefficient (Wildman–Crippen LogP) is 0.156. The van der Waals surface area contributed by atoms with Crippen LogP contribution in [0.15, 0.2) is 11.6 Å². The van der Waals surface area contributed by atoms with Crippen LogP contribution < -0.4 is 0 Å². The first-order chi connectivity index (χ1) is 32.3. The summed E-state index contributed by atoms with van der Waals surface area (Å²) in [5.41, 5.74) is -1.48. The van der Waals surface area contributed by atoms with Gasteiger partial charge in [0.05, 0.1) is 32.0 Å². The highest BCUT2D eigenvalue weighted by Crippen LogP contribution is 2.76. The maximum absolute atomic E-state index is 15.1. The van der Waals surface area contributed by atoms with Gasteiger partial charge in [0.15, 0.2) is 12.6 Å². The first kappa shape index (κ1) is 53.8. The van der Waals surface area contributed by atoms with Crippen molar-refractivity contribution in [2.75, 3.05) is 26.4 Å². The maximum atomic E-state index is 15.1. The van der Waals surface area contributed by atoms with Crippen molar-refractivity contribution in [3.05, 3.63) is 11.6 Å². The number of aliphatic hydroxyl groups excluding tert-OH is 11. The largest absolute Gasteiger partial charge is 0.432 e.